The van der Waals surface area contributed by atoms with Crippen molar-refractivity contribution in [3.8, 4) is 23.1 Å². The van der Waals surface area contributed by atoms with E-state index in [1.54, 1.807) is 17.9 Å². The zero-order chi connectivity index (χ0) is 30.9. The summed E-state index contributed by atoms with van der Waals surface area (Å²) in [5.74, 6) is 1.06. The van der Waals surface area contributed by atoms with Crippen LogP contribution in [0.3, 0.4) is 0 Å². The van der Waals surface area contributed by atoms with Crippen LogP contribution >= 0.6 is 45.8 Å². The van der Waals surface area contributed by atoms with Gasteiger partial charge in [-0.15, -0.1) is 0 Å². The molecule has 2 heterocycles. The van der Waals surface area contributed by atoms with Gasteiger partial charge in [-0.3, -0.25) is 15.4 Å². The third-order valence-corrected chi connectivity index (χ3v) is 7.94. The van der Waals surface area contributed by atoms with Crippen molar-refractivity contribution < 1.29 is 23.8 Å². The van der Waals surface area contributed by atoms with Crippen LogP contribution in [0.5, 0.6) is 17.4 Å². The molecule has 4 aromatic rings. The molecule has 0 fully saturated rings. The van der Waals surface area contributed by atoms with Crippen molar-refractivity contribution in [2.45, 2.75) is 23.7 Å². The van der Waals surface area contributed by atoms with E-state index in [1.807, 2.05) is 30.3 Å². The summed E-state index contributed by atoms with van der Waals surface area (Å²) in [4.78, 5) is 33.0. The van der Waals surface area contributed by atoms with Crippen molar-refractivity contribution >= 4 is 75.2 Å². The number of aromatic nitrogens is 4. The Morgan fingerprint density at radius 2 is 1.79 bits per heavy atom. The van der Waals surface area contributed by atoms with Crippen LogP contribution in [0.1, 0.15) is 29.4 Å². The predicted molar refractivity (Wildman–Crippen MR) is 174 cm³/mol. The number of anilines is 3. The lowest BCUT2D eigenvalue weighted by atomic mass is 10.2. The minimum Gasteiger partial charge on any atom is -0.497 e. The molecule has 0 saturated heterocycles. The van der Waals surface area contributed by atoms with Gasteiger partial charge in [-0.1, -0.05) is 59.1 Å². The van der Waals surface area contributed by atoms with E-state index in [2.05, 4.69) is 55.4 Å². The third-order valence-electron chi connectivity index (χ3n) is 5.82. The lowest BCUT2D eigenvalue weighted by Gasteiger charge is -2.14. The summed E-state index contributed by atoms with van der Waals surface area (Å²) in [5, 5.41) is 12.9. The van der Waals surface area contributed by atoms with Crippen LogP contribution in [0, 0.1) is 0 Å². The van der Waals surface area contributed by atoms with Crippen LogP contribution in [-0.4, -0.2) is 52.5 Å². The fraction of sp³-hybridized carbons (Fsp3) is 0.250. The summed E-state index contributed by atoms with van der Waals surface area (Å²) < 4.78 is 17.6. The molecule has 2 aromatic carbocycles. The highest BCUT2D eigenvalue weighted by Gasteiger charge is 2.19. The van der Waals surface area contributed by atoms with Gasteiger partial charge in [0.1, 0.15) is 28.9 Å². The lowest BCUT2D eigenvalue weighted by Crippen LogP contribution is -2.21. The molecular weight excluding hydrogens is 712 g/mol. The predicted octanol–water partition coefficient (Wildman–Crippen LogP) is 7.28. The van der Waals surface area contributed by atoms with Gasteiger partial charge >= 0.3 is 6.03 Å². The summed E-state index contributed by atoms with van der Waals surface area (Å²) in [6.07, 6.45) is 3.34. The zero-order valence-corrected chi connectivity index (χ0v) is 27.0. The van der Waals surface area contributed by atoms with E-state index in [1.165, 1.54) is 25.4 Å². The van der Waals surface area contributed by atoms with E-state index >= 15 is 0 Å². The Hall–Kier alpha value is -3.66. The average Bonchev–Trinajstić information content (AvgIpc) is 3.41. The first-order chi connectivity index (χ1) is 20.7. The first kappa shape index (κ1) is 32.3. The summed E-state index contributed by atoms with van der Waals surface area (Å²) in [6, 6.07) is 13.2. The number of halogens is 3. The number of alkyl halides is 1. The maximum atomic E-state index is 13.1. The molecule has 0 aliphatic heterocycles. The molecule has 1 atom stereocenters. The van der Waals surface area contributed by atoms with E-state index in [4.69, 9.17) is 42.5 Å². The fourth-order valence-corrected chi connectivity index (χ4v) is 5.14. The number of urea groups is 1. The number of benzene rings is 2. The second-order valence-electron chi connectivity index (χ2n) is 8.94. The number of methoxy groups -OCH3 is 2. The Kier molecular flexibility index (Phi) is 11.4. The first-order valence-electron chi connectivity index (χ1n) is 13.0. The molecule has 226 valence electrons. The van der Waals surface area contributed by atoms with Crippen molar-refractivity contribution in [3.05, 3.63) is 70.5 Å². The van der Waals surface area contributed by atoms with Gasteiger partial charge in [-0.05, 0) is 42.8 Å². The Morgan fingerprint density at radius 1 is 1.02 bits per heavy atom. The van der Waals surface area contributed by atoms with Crippen LogP contribution in [0.25, 0.3) is 5.69 Å². The number of amides is 3. The molecule has 43 heavy (non-hydrogen) atoms. The van der Waals surface area contributed by atoms with Crippen LogP contribution in [0.4, 0.5) is 22.2 Å². The number of carbonyl (C=O) groups excluding carboxylic acids is 2. The van der Waals surface area contributed by atoms with Gasteiger partial charge in [0, 0.05) is 25.4 Å². The van der Waals surface area contributed by atoms with Gasteiger partial charge in [-0.25, -0.2) is 14.5 Å². The quantitative estimate of drug-likeness (QED) is 0.102. The highest BCUT2D eigenvalue weighted by atomic mass is 127. The molecule has 0 spiro atoms. The van der Waals surface area contributed by atoms with Gasteiger partial charge in [0.15, 0.2) is 0 Å². The average molecular weight is 740 g/mol. The number of carbonyl (C=O) groups is 2. The molecule has 4 rings (SSSR count). The van der Waals surface area contributed by atoms with E-state index in [0.29, 0.717) is 11.6 Å². The second-order valence-corrected chi connectivity index (χ2v) is 11.2. The fourth-order valence-electron chi connectivity index (χ4n) is 3.80. The number of nitrogens with one attached hydrogen (secondary N) is 3. The van der Waals surface area contributed by atoms with Gasteiger partial charge in [0.25, 0.3) is 5.91 Å². The lowest BCUT2D eigenvalue weighted by molar-refractivity contribution is -0.119. The summed E-state index contributed by atoms with van der Waals surface area (Å²) in [5.41, 5.74) is 1.83. The SMILES string of the molecule is CCCC(I)c1cc(NC(=O)Nc2ccc(Oc3ccnc(NC(=O)COC)n3)c(Cl)c2Cl)n(-c2ccc(OC)cc2)n1. The molecule has 0 aliphatic carbocycles. The van der Waals surface area contributed by atoms with E-state index in [9.17, 15) is 9.59 Å². The van der Waals surface area contributed by atoms with E-state index in [0.717, 1.165) is 24.2 Å². The molecule has 0 saturated carbocycles. The summed E-state index contributed by atoms with van der Waals surface area (Å²) >= 11 is 15.3. The maximum Gasteiger partial charge on any atom is 0.324 e. The Morgan fingerprint density at radius 3 is 2.49 bits per heavy atom. The zero-order valence-electron chi connectivity index (χ0n) is 23.4. The molecule has 3 N–H and O–H groups in total. The third kappa shape index (κ3) is 8.46. The van der Waals surface area contributed by atoms with Crippen molar-refractivity contribution in [2.75, 3.05) is 36.8 Å². The van der Waals surface area contributed by atoms with Crippen molar-refractivity contribution in [2.24, 2.45) is 0 Å². The largest absolute Gasteiger partial charge is 0.497 e. The standard InChI is InChI=1S/C28H28Cl2IN7O5/c1-4-5-18(31)20-14-22(38(37-20)16-6-8-17(42-3)9-7-16)34-28(40)33-19-10-11-21(26(30)25(19)29)43-24-12-13-32-27(36-24)35-23(39)15-41-2/h6-14,18H,4-5,15H2,1-3H3,(H2,33,34,40)(H,32,35,36,39). The Balaban J connectivity index is 1.50. The maximum absolute atomic E-state index is 13.1. The summed E-state index contributed by atoms with van der Waals surface area (Å²) in [6.45, 7) is 1.96. The van der Waals surface area contributed by atoms with Gasteiger partial charge in [-0.2, -0.15) is 10.1 Å². The molecule has 2 aromatic heterocycles. The molecule has 1 unspecified atom stereocenters. The van der Waals surface area contributed by atoms with E-state index < -0.39 is 11.9 Å². The van der Waals surface area contributed by atoms with Crippen LogP contribution in [0.15, 0.2) is 54.7 Å². The van der Waals surface area contributed by atoms with Gasteiger partial charge in [0.05, 0.1) is 33.1 Å². The monoisotopic (exact) mass is 739 g/mol. The molecule has 0 bridgehead atoms. The number of hydrogen-bond donors (Lipinski definition) is 3. The molecule has 12 nitrogen and oxygen atoms in total. The van der Waals surface area contributed by atoms with Crippen LogP contribution in [0.2, 0.25) is 10.0 Å². The van der Waals surface area contributed by atoms with Gasteiger partial charge in [0.2, 0.25) is 11.8 Å². The van der Waals surface area contributed by atoms with Gasteiger partial charge < -0.3 is 19.5 Å². The van der Waals surface area contributed by atoms with E-state index in [-0.39, 0.29) is 43.8 Å². The van der Waals surface area contributed by atoms with Crippen molar-refractivity contribution in [3.63, 3.8) is 0 Å². The van der Waals surface area contributed by atoms with Crippen LogP contribution < -0.4 is 25.4 Å². The summed E-state index contributed by atoms with van der Waals surface area (Å²) in [7, 11) is 2.99. The van der Waals surface area contributed by atoms with Crippen LogP contribution in [-0.2, 0) is 9.53 Å². The second kappa shape index (κ2) is 15.2. The van der Waals surface area contributed by atoms with Crippen molar-refractivity contribution in [1.82, 2.24) is 19.7 Å². The Bertz CT molecular complexity index is 1590. The number of nitrogens with zero attached hydrogens (tertiary/aromatic N) is 4. The minimum absolute atomic E-state index is 0.0253. The van der Waals surface area contributed by atoms with Crippen molar-refractivity contribution in [1.29, 1.82) is 0 Å². The highest BCUT2D eigenvalue weighted by molar-refractivity contribution is 14.1. The molecule has 3 amide bonds. The number of ether oxygens (including phenoxy) is 3. The molecular formula is C28H28Cl2IN7O5. The molecule has 0 radical (unpaired) electrons. The Labute approximate surface area is 271 Å². The smallest absolute Gasteiger partial charge is 0.324 e. The minimum atomic E-state index is -0.555. The molecule has 0 aliphatic rings. The number of hydrogen-bond acceptors (Lipinski definition) is 8. The first-order valence-corrected chi connectivity index (χ1v) is 15.0. The topological polar surface area (TPSA) is 142 Å². The highest BCUT2D eigenvalue weighted by Crippen LogP contribution is 2.39. The normalized spacial score (nSPS) is 11.5. The molecule has 15 heteroatoms. The number of rotatable bonds is 12.